The first-order chi connectivity index (χ1) is 10.0. The lowest BCUT2D eigenvalue weighted by Gasteiger charge is -2.28. The van der Waals surface area contributed by atoms with Crippen LogP contribution >= 0.6 is 31.9 Å². The summed E-state index contributed by atoms with van der Waals surface area (Å²) < 4.78 is 13.0. The Hall–Kier alpha value is -0.750. The maximum atomic E-state index is 13.0. The van der Waals surface area contributed by atoms with E-state index in [2.05, 4.69) is 31.9 Å². The van der Waals surface area contributed by atoms with Gasteiger partial charge < -0.3 is 0 Å². The molecule has 1 heterocycles. The Kier molecular flexibility index (Phi) is 3.05. The average molecular weight is 417 g/mol. The second kappa shape index (κ2) is 4.62. The lowest BCUT2D eigenvalue weighted by molar-refractivity contribution is -0.123. The van der Waals surface area contributed by atoms with Crippen molar-refractivity contribution in [3.8, 4) is 0 Å². The molecule has 0 unspecified atom stereocenters. The third-order valence-electron chi connectivity index (χ3n) is 5.07. The Morgan fingerprint density at radius 2 is 1.43 bits per heavy atom. The van der Waals surface area contributed by atoms with E-state index in [1.54, 1.807) is 0 Å². The molecule has 0 radical (unpaired) electrons. The van der Waals surface area contributed by atoms with E-state index >= 15 is 0 Å². The topological polar surface area (TPSA) is 37.4 Å². The summed E-state index contributed by atoms with van der Waals surface area (Å²) in [7, 11) is 0. The molecule has 0 aromatic heterocycles. The standard InChI is InChI=1S/C15H12Br2FNO2/c16-12-8-5-9(13(12)17)11-10(8)14(20)19(15(11)21)7-3-1-6(18)2-4-7/h1-4,8-13H,5H2/t8-,9-,10-,11-,12-,13+/m1/s1. The van der Waals surface area contributed by atoms with Crippen molar-refractivity contribution in [2.24, 2.45) is 23.7 Å². The molecule has 6 atom stereocenters. The summed E-state index contributed by atoms with van der Waals surface area (Å²) in [5.74, 6) is -0.700. The molecule has 21 heavy (non-hydrogen) atoms. The van der Waals surface area contributed by atoms with Crippen LogP contribution in [-0.4, -0.2) is 21.5 Å². The highest BCUT2D eigenvalue weighted by molar-refractivity contribution is 9.12. The van der Waals surface area contributed by atoms with E-state index in [9.17, 15) is 14.0 Å². The van der Waals surface area contributed by atoms with Gasteiger partial charge in [0.2, 0.25) is 11.8 Å². The monoisotopic (exact) mass is 415 g/mol. The molecule has 2 amide bonds. The fraction of sp³-hybridized carbons (Fsp3) is 0.467. The maximum absolute atomic E-state index is 13.0. The van der Waals surface area contributed by atoms with Gasteiger partial charge in [0.1, 0.15) is 5.82 Å². The fourth-order valence-corrected chi connectivity index (χ4v) is 6.07. The van der Waals surface area contributed by atoms with Gasteiger partial charge in [-0.05, 0) is 42.5 Å². The summed E-state index contributed by atoms with van der Waals surface area (Å²) >= 11 is 7.30. The van der Waals surface area contributed by atoms with E-state index in [-0.39, 0.29) is 51.0 Å². The molecule has 3 aliphatic rings. The molecule has 0 N–H and O–H groups in total. The van der Waals surface area contributed by atoms with Crippen LogP contribution in [-0.2, 0) is 9.59 Å². The molecule has 3 nitrogen and oxygen atoms in total. The fourth-order valence-electron chi connectivity index (χ4n) is 4.19. The van der Waals surface area contributed by atoms with Crippen LogP contribution in [0.1, 0.15) is 6.42 Å². The highest BCUT2D eigenvalue weighted by Gasteiger charge is 2.66. The van der Waals surface area contributed by atoms with Crippen molar-refractivity contribution in [2.75, 3.05) is 4.90 Å². The third kappa shape index (κ3) is 1.75. The minimum Gasteiger partial charge on any atom is -0.274 e. The summed E-state index contributed by atoms with van der Waals surface area (Å²) in [6, 6.07) is 5.54. The number of hydrogen-bond acceptors (Lipinski definition) is 2. The van der Waals surface area contributed by atoms with E-state index in [0.29, 0.717) is 5.69 Å². The normalized spacial score (nSPS) is 41.0. The first-order valence-electron chi connectivity index (χ1n) is 6.92. The molecule has 1 aliphatic heterocycles. The van der Waals surface area contributed by atoms with E-state index in [4.69, 9.17) is 0 Å². The van der Waals surface area contributed by atoms with Crippen molar-refractivity contribution in [3.05, 3.63) is 30.1 Å². The van der Waals surface area contributed by atoms with Gasteiger partial charge >= 0.3 is 0 Å². The Balaban J connectivity index is 1.73. The number of alkyl halides is 2. The van der Waals surface area contributed by atoms with Gasteiger partial charge in [-0.2, -0.15) is 0 Å². The predicted molar refractivity (Wildman–Crippen MR) is 82.9 cm³/mol. The van der Waals surface area contributed by atoms with Crippen molar-refractivity contribution >= 4 is 49.4 Å². The van der Waals surface area contributed by atoms with Crippen LogP contribution in [0.3, 0.4) is 0 Å². The van der Waals surface area contributed by atoms with Gasteiger partial charge in [-0.25, -0.2) is 4.39 Å². The van der Waals surface area contributed by atoms with E-state index in [1.165, 1.54) is 29.2 Å². The number of rotatable bonds is 1. The zero-order valence-corrected chi connectivity index (χ0v) is 14.1. The molecule has 1 aromatic rings. The lowest BCUT2D eigenvalue weighted by Crippen LogP contribution is -2.37. The first-order valence-corrected chi connectivity index (χ1v) is 8.75. The molecular weight excluding hydrogens is 405 g/mol. The Bertz CT molecular complexity index is 603. The second-order valence-electron chi connectivity index (χ2n) is 5.99. The molecule has 2 bridgehead atoms. The van der Waals surface area contributed by atoms with Crippen LogP contribution in [0.15, 0.2) is 24.3 Å². The number of anilines is 1. The minimum absolute atomic E-state index is 0.132. The van der Waals surface area contributed by atoms with Crippen LogP contribution in [0.4, 0.5) is 10.1 Å². The highest BCUT2D eigenvalue weighted by atomic mass is 79.9. The van der Waals surface area contributed by atoms with Crippen molar-refractivity contribution in [1.29, 1.82) is 0 Å². The molecule has 4 rings (SSSR count). The van der Waals surface area contributed by atoms with Gasteiger partial charge in [0, 0.05) is 9.65 Å². The maximum Gasteiger partial charge on any atom is 0.238 e. The second-order valence-corrected chi connectivity index (χ2v) is 8.11. The van der Waals surface area contributed by atoms with Gasteiger partial charge in [-0.1, -0.05) is 31.9 Å². The first kappa shape index (κ1) is 13.9. The van der Waals surface area contributed by atoms with Crippen molar-refractivity contribution in [2.45, 2.75) is 16.1 Å². The Morgan fingerprint density at radius 3 is 1.90 bits per heavy atom. The van der Waals surface area contributed by atoms with Crippen LogP contribution in [0.2, 0.25) is 0 Å². The van der Waals surface area contributed by atoms with Gasteiger partial charge in [0.05, 0.1) is 17.5 Å². The molecule has 110 valence electrons. The summed E-state index contributed by atoms with van der Waals surface area (Å²) in [4.78, 5) is 27.1. The smallest absolute Gasteiger partial charge is 0.238 e. The summed E-state index contributed by atoms with van der Waals surface area (Å²) in [5.41, 5.74) is 0.470. The van der Waals surface area contributed by atoms with Crippen LogP contribution < -0.4 is 4.90 Å². The zero-order valence-electron chi connectivity index (χ0n) is 10.9. The zero-order chi connectivity index (χ0) is 14.9. The number of hydrogen-bond donors (Lipinski definition) is 0. The van der Waals surface area contributed by atoms with Crippen LogP contribution in [0.5, 0.6) is 0 Å². The van der Waals surface area contributed by atoms with Crippen LogP contribution in [0, 0.1) is 29.5 Å². The van der Waals surface area contributed by atoms with Crippen molar-refractivity contribution in [1.82, 2.24) is 0 Å². The largest absolute Gasteiger partial charge is 0.274 e. The average Bonchev–Trinajstić information content (AvgIpc) is 3.06. The molecule has 6 heteroatoms. The number of amides is 2. The highest BCUT2D eigenvalue weighted by Crippen LogP contribution is 2.60. The van der Waals surface area contributed by atoms with E-state index in [1.807, 2.05) is 0 Å². The Labute approximate surface area is 138 Å². The number of benzene rings is 1. The number of halogens is 3. The predicted octanol–water partition coefficient (Wildman–Crippen LogP) is 3.11. The van der Waals surface area contributed by atoms with Gasteiger partial charge in [0.25, 0.3) is 0 Å². The Morgan fingerprint density at radius 1 is 0.952 bits per heavy atom. The molecule has 1 saturated heterocycles. The van der Waals surface area contributed by atoms with Crippen molar-refractivity contribution in [3.63, 3.8) is 0 Å². The number of carbonyl (C=O) groups is 2. The quantitative estimate of drug-likeness (QED) is 0.521. The van der Waals surface area contributed by atoms with Gasteiger partial charge in [-0.3, -0.25) is 14.5 Å². The number of imide groups is 1. The molecule has 0 spiro atoms. The van der Waals surface area contributed by atoms with Gasteiger partial charge in [0.15, 0.2) is 0 Å². The molecule has 3 fully saturated rings. The summed E-state index contributed by atoms with van der Waals surface area (Å²) in [5, 5.41) is 0. The number of nitrogens with zero attached hydrogens (tertiary/aromatic N) is 1. The SMILES string of the molecule is O=C1[C@@H]2[C@H]3C[C@@H]([C@@H](Br)[C@H]3Br)[C@H]2C(=O)N1c1ccc(F)cc1. The number of fused-ring (bicyclic) bond motifs is 5. The molecule has 2 aliphatic carbocycles. The van der Waals surface area contributed by atoms with Crippen molar-refractivity contribution < 1.29 is 14.0 Å². The summed E-state index contributed by atoms with van der Waals surface area (Å²) in [6.07, 6.45) is 0.913. The molecular formula is C15H12Br2FNO2. The summed E-state index contributed by atoms with van der Waals surface area (Å²) in [6.45, 7) is 0. The molecule has 1 aromatic carbocycles. The third-order valence-corrected chi connectivity index (χ3v) is 8.28. The lowest BCUT2D eigenvalue weighted by atomic mass is 9.81. The van der Waals surface area contributed by atoms with Crippen LogP contribution in [0.25, 0.3) is 0 Å². The molecule has 2 saturated carbocycles. The van der Waals surface area contributed by atoms with E-state index in [0.717, 1.165) is 6.42 Å². The van der Waals surface area contributed by atoms with E-state index < -0.39 is 0 Å². The minimum atomic E-state index is -0.376. The number of carbonyl (C=O) groups excluding carboxylic acids is 2. The van der Waals surface area contributed by atoms with Gasteiger partial charge in [-0.15, -0.1) is 0 Å².